The van der Waals surface area contributed by atoms with Gasteiger partial charge in [0.1, 0.15) is 6.54 Å². The number of methoxy groups -OCH3 is 1. The molecule has 0 unspecified atom stereocenters. The van der Waals surface area contributed by atoms with E-state index in [1.54, 1.807) is 46.7 Å². The van der Waals surface area contributed by atoms with Gasteiger partial charge in [0.15, 0.2) is 5.13 Å². The van der Waals surface area contributed by atoms with Crippen LogP contribution in [0, 0.1) is 0 Å². The summed E-state index contributed by atoms with van der Waals surface area (Å²) in [6.07, 6.45) is -4.38. The van der Waals surface area contributed by atoms with Crippen molar-refractivity contribution in [3.63, 3.8) is 0 Å². The minimum atomic E-state index is -4.41. The zero-order valence-corrected chi connectivity index (χ0v) is 23.2. The summed E-state index contributed by atoms with van der Waals surface area (Å²) in [6.45, 7) is 1.87. The summed E-state index contributed by atoms with van der Waals surface area (Å²) < 4.78 is 44.3. The van der Waals surface area contributed by atoms with E-state index in [0.717, 1.165) is 12.1 Å². The molecule has 41 heavy (non-hydrogen) atoms. The van der Waals surface area contributed by atoms with Crippen LogP contribution in [0.4, 0.5) is 24.0 Å². The molecule has 0 radical (unpaired) electrons. The Bertz CT molecular complexity index is 1340. The number of piperazine rings is 1. The molecule has 0 bridgehead atoms. The normalized spacial score (nSPS) is 13.7. The molecule has 13 heteroatoms. The second-order valence-corrected chi connectivity index (χ2v) is 10.2. The first-order chi connectivity index (χ1) is 19.6. The van der Waals surface area contributed by atoms with Crippen LogP contribution in [-0.4, -0.2) is 85.5 Å². The quantitative estimate of drug-likeness (QED) is 0.387. The first kappa shape index (κ1) is 30.0. The molecule has 9 nitrogen and oxygen atoms in total. The molecule has 1 N–H and O–H groups in total. The molecule has 2 aromatic carbocycles. The fraction of sp³-hybridized carbons (Fsp3) is 0.357. The first-order valence-corrected chi connectivity index (χ1v) is 13.8. The number of aromatic nitrogens is 1. The Balaban J connectivity index is 1.27. The number of nitrogens with one attached hydrogen (secondary N) is 1. The minimum absolute atomic E-state index is 0.0301. The Morgan fingerprint density at radius 1 is 1.05 bits per heavy atom. The van der Waals surface area contributed by atoms with Crippen LogP contribution >= 0.6 is 11.3 Å². The van der Waals surface area contributed by atoms with Crippen molar-refractivity contribution in [2.75, 3.05) is 63.2 Å². The van der Waals surface area contributed by atoms with Crippen molar-refractivity contribution in [1.29, 1.82) is 0 Å². The smallest absolute Gasteiger partial charge is 0.383 e. The summed E-state index contributed by atoms with van der Waals surface area (Å²) in [6, 6.07) is 13.8. The van der Waals surface area contributed by atoms with Gasteiger partial charge < -0.3 is 24.8 Å². The highest BCUT2D eigenvalue weighted by Crippen LogP contribution is 2.32. The number of carbonyl (C=O) groups excluding carboxylic acids is 3. The highest BCUT2D eigenvalue weighted by atomic mass is 32.1. The van der Waals surface area contributed by atoms with Crippen molar-refractivity contribution < 1.29 is 32.3 Å². The predicted octanol–water partition coefficient (Wildman–Crippen LogP) is 3.78. The van der Waals surface area contributed by atoms with Crippen molar-refractivity contribution >= 4 is 39.9 Å². The lowest BCUT2D eigenvalue weighted by Crippen LogP contribution is -2.49. The van der Waals surface area contributed by atoms with E-state index in [1.807, 2.05) is 4.90 Å². The van der Waals surface area contributed by atoms with E-state index in [9.17, 15) is 27.6 Å². The Morgan fingerprint density at radius 3 is 2.46 bits per heavy atom. The number of nitrogens with zero attached hydrogens (tertiary/aromatic N) is 4. The van der Waals surface area contributed by atoms with Gasteiger partial charge in [0.25, 0.3) is 5.91 Å². The molecule has 1 saturated heterocycles. The molecule has 3 aromatic rings. The van der Waals surface area contributed by atoms with E-state index in [2.05, 4.69) is 10.3 Å². The number of hydrogen-bond donors (Lipinski definition) is 1. The summed E-state index contributed by atoms with van der Waals surface area (Å²) in [5.41, 5.74) is 0.720. The van der Waals surface area contributed by atoms with Crippen LogP contribution in [0.15, 0.2) is 60.0 Å². The van der Waals surface area contributed by atoms with Crippen molar-refractivity contribution in [1.82, 2.24) is 14.8 Å². The Kier molecular flexibility index (Phi) is 9.95. The zero-order valence-electron chi connectivity index (χ0n) is 22.4. The van der Waals surface area contributed by atoms with Gasteiger partial charge >= 0.3 is 6.18 Å². The van der Waals surface area contributed by atoms with Crippen LogP contribution in [-0.2, 0) is 26.9 Å². The number of benzene rings is 2. The lowest BCUT2D eigenvalue weighted by Gasteiger charge is -2.36. The average Bonchev–Trinajstić information content (AvgIpc) is 3.41. The lowest BCUT2D eigenvalue weighted by molar-refractivity contribution is -0.137. The van der Waals surface area contributed by atoms with Crippen LogP contribution in [0.2, 0.25) is 0 Å². The fourth-order valence-corrected chi connectivity index (χ4v) is 5.08. The van der Waals surface area contributed by atoms with Crippen molar-refractivity contribution in [2.24, 2.45) is 0 Å². The summed E-state index contributed by atoms with van der Waals surface area (Å²) in [4.78, 5) is 47.6. The number of amides is 3. The summed E-state index contributed by atoms with van der Waals surface area (Å²) in [7, 11) is 1.51. The van der Waals surface area contributed by atoms with Gasteiger partial charge in [0.05, 0.1) is 24.3 Å². The molecule has 0 aliphatic carbocycles. The Labute approximate surface area is 239 Å². The Hall–Kier alpha value is -3.97. The predicted molar refractivity (Wildman–Crippen MR) is 149 cm³/mol. The molecule has 0 saturated carbocycles. The second kappa shape index (κ2) is 13.6. The lowest BCUT2D eigenvalue weighted by atomic mass is 10.1. The van der Waals surface area contributed by atoms with E-state index in [-0.39, 0.29) is 37.9 Å². The van der Waals surface area contributed by atoms with Gasteiger partial charge in [0, 0.05) is 56.5 Å². The highest BCUT2D eigenvalue weighted by molar-refractivity contribution is 7.13. The second-order valence-electron chi connectivity index (χ2n) is 9.37. The molecule has 2 heterocycles. The largest absolute Gasteiger partial charge is 0.416 e. The molecule has 0 atom stereocenters. The molecule has 1 aliphatic heterocycles. The maximum atomic E-state index is 13.1. The third kappa shape index (κ3) is 8.27. The third-order valence-corrected chi connectivity index (χ3v) is 7.32. The van der Waals surface area contributed by atoms with E-state index < -0.39 is 17.6 Å². The zero-order chi connectivity index (χ0) is 29.4. The van der Waals surface area contributed by atoms with Gasteiger partial charge in [0.2, 0.25) is 11.8 Å². The van der Waals surface area contributed by atoms with Gasteiger partial charge in [-0.1, -0.05) is 24.3 Å². The van der Waals surface area contributed by atoms with Gasteiger partial charge in [-0.05, 0) is 30.3 Å². The fourth-order valence-electron chi connectivity index (χ4n) is 4.35. The van der Waals surface area contributed by atoms with Gasteiger partial charge in [-0.15, -0.1) is 11.3 Å². The van der Waals surface area contributed by atoms with Crippen molar-refractivity contribution in [2.45, 2.75) is 12.6 Å². The topological polar surface area (TPSA) is 95.1 Å². The summed E-state index contributed by atoms with van der Waals surface area (Å²) in [5.74, 6) is -0.879. The van der Waals surface area contributed by atoms with Gasteiger partial charge in [-0.2, -0.15) is 13.2 Å². The number of alkyl halides is 3. The van der Waals surface area contributed by atoms with Crippen LogP contribution in [0.5, 0.6) is 0 Å². The van der Waals surface area contributed by atoms with E-state index >= 15 is 0 Å². The van der Waals surface area contributed by atoms with E-state index in [1.165, 1.54) is 29.4 Å². The standard InChI is InChI=1S/C28H30F3N5O4S/c1-40-15-14-36(26(39)20-6-3-2-4-7-20)18-24(37)33-27-32-22(19-41-27)17-25(38)35-12-10-34(11-13-35)23-9-5-8-21(16-23)28(29,30)31/h2-9,16,19H,10-15,17-18H2,1H3,(H,32,33,37). The maximum absolute atomic E-state index is 13.1. The number of halogens is 3. The maximum Gasteiger partial charge on any atom is 0.416 e. The highest BCUT2D eigenvalue weighted by Gasteiger charge is 2.31. The number of carbonyl (C=O) groups is 3. The number of anilines is 2. The Morgan fingerprint density at radius 2 is 1.78 bits per heavy atom. The van der Waals surface area contributed by atoms with Crippen LogP contribution in [0.1, 0.15) is 21.6 Å². The number of ether oxygens (including phenoxy) is 1. The molecule has 0 spiro atoms. The van der Waals surface area contributed by atoms with Gasteiger partial charge in [-0.25, -0.2) is 4.98 Å². The summed E-state index contributed by atoms with van der Waals surface area (Å²) >= 11 is 1.18. The number of rotatable bonds is 10. The molecular weight excluding hydrogens is 559 g/mol. The summed E-state index contributed by atoms with van der Waals surface area (Å²) in [5, 5.41) is 4.69. The van der Waals surface area contributed by atoms with Crippen LogP contribution in [0.3, 0.4) is 0 Å². The number of thiazole rings is 1. The molecular formula is C28H30F3N5O4S. The monoisotopic (exact) mass is 589 g/mol. The first-order valence-electron chi connectivity index (χ1n) is 12.9. The average molecular weight is 590 g/mol. The minimum Gasteiger partial charge on any atom is -0.383 e. The van der Waals surface area contributed by atoms with Gasteiger partial charge in [-0.3, -0.25) is 14.4 Å². The molecule has 1 aliphatic rings. The molecule has 4 rings (SSSR count). The SMILES string of the molecule is COCCN(CC(=O)Nc1nc(CC(=O)N2CCN(c3cccc(C(F)(F)F)c3)CC2)cs1)C(=O)c1ccccc1. The van der Waals surface area contributed by atoms with Crippen LogP contribution < -0.4 is 10.2 Å². The molecule has 1 fully saturated rings. The van der Waals surface area contributed by atoms with Crippen molar-refractivity contribution in [3.8, 4) is 0 Å². The van der Waals surface area contributed by atoms with Crippen molar-refractivity contribution in [3.05, 3.63) is 76.8 Å². The third-order valence-electron chi connectivity index (χ3n) is 6.51. The molecule has 3 amide bonds. The molecule has 218 valence electrons. The number of hydrogen-bond acceptors (Lipinski definition) is 7. The van der Waals surface area contributed by atoms with E-state index in [0.29, 0.717) is 48.3 Å². The van der Waals surface area contributed by atoms with Crippen LogP contribution in [0.25, 0.3) is 0 Å². The van der Waals surface area contributed by atoms with E-state index in [4.69, 9.17) is 4.74 Å². The molecule has 1 aromatic heterocycles.